The van der Waals surface area contributed by atoms with Gasteiger partial charge < -0.3 is 5.32 Å². The predicted molar refractivity (Wildman–Crippen MR) is 69.1 cm³/mol. The molecule has 96 valence electrons. The Balaban J connectivity index is 1.85. The summed E-state index contributed by atoms with van der Waals surface area (Å²) in [6.07, 6.45) is 1.15. The van der Waals surface area contributed by atoms with Crippen molar-refractivity contribution in [2.24, 2.45) is 0 Å². The molecule has 1 aliphatic heterocycles. The SMILES string of the molecule is Cc1ccccc1CCNC1CC(=O)N(C)C1=O. The van der Waals surface area contributed by atoms with E-state index >= 15 is 0 Å². The van der Waals surface area contributed by atoms with E-state index in [1.165, 1.54) is 23.1 Å². The molecule has 2 rings (SSSR count). The third-order valence-electron chi connectivity index (χ3n) is 3.43. The van der Waals surface area contributed by atoms with Crippen LogP contribution in [0.1, 0.15) is 17.5 Å². The largest absolute Gasteiger partial charge is 0.305 e. The molecular weight excluding hydrogens is 228 g/mol. The highest BCUT2D eigenvalue weighted by Crippen LogP contribution is 2.11. The van der Waals surface area contributed by atoms with Gasteiger partial charge in [0.25, 0.3) is 0 Å². The molecule has 1 atom stereocenters. The molecule has 1 aromatic rings. The molecule has 1 saturated heterocycles. The molecule has 1 fully saturated rings. The molecule has 1 N–H and O–H groups in total. The summed E-state index contributed by atoms with van der Waals surface area (Å²) in [5, 5.41) is 3.16. The van der Waals surface area contributed by atoms with Gasteiger partial charge in [0, 0.05) is 7.05 Å². The maximum Gasteiger partial charge on any atom is 0.246 e. The fourth-order valence-corrected chi connectivity index (χ4v) is 2.19. The van der Waals surface area contributed by atoms with Gasteiger partial charge in [-0.2, -0.15) is 0 Å². The van der Waals surface area contributed by atoms with E-state index in [-0.39, 0.29) is 24.3 Å². The van der Waals surface area contributed by atoms with E-state index in [0.717, 1.165) is 6.42 Å². The van der Waals surface area contributed by atoms with Crippen molar-refractivity contribution in [2.45, 2.75) is 25.8 Å². The molecule has 1 aliphatic rings. The average molecular weight is 246 g/mol. The molecule has 2 amide bonds. The average Bonchev–Trinajstić information content (AvgIpc) is 2.60. The molecule has 0 bridgehead atoms. The minimum Gasteiger partial charge on any atom is -0.305 e. The van der Waals surface area contributed by atoms with Gasteiger partial charge in [-0.05, 0) is 31.0 Å². The Labute approximate surface area is 107 Å². The number of benzene rings is 1. The number of aryl methyl sites for hydroxylation is 1. The lowest BCUT2D eigenvalue weighted by Crippen LogP contribution is -2.38. The zero-order valence-electron chi connectivity index (χ0n) is 10.8. The molecule has 4 heteroatoms. The van der Waals surface area contributed by atoms with Crippen LogP contribution in [0, 0.1) is 6.92 Å². The first-order chi connectivity index (χ1) is 8.59. The number of hydrogen-bond donors (Lipinski definition) is 1. The van der Waals surface area contributed by atoms with Crippen molar-refractivity contribution in [3.8, 4) is 0 Å². The van der Waals surface area contributed by atoms with Crippen molar-refractivity contribution in [2.75, 3.05) is 13.6 Å². The number of nitrogens with zero attached hydrogens (tertiary/aromatic N) is 1. The fourth-order valence-electron chi connectivity index (χ4n) is 2.19. The Kier molecular flexibility index (Phi) is 3.77. The Morgan fingerprint density at radius 2 is 2.06 bits per heavy atom. The van der Waals surface area contributed by atoms with E-state index in [9.17, 15) is 9.59 Å². The quantitative estimate of drug-likeness (QED) is 0.802. The Morgan fingerprint density at radius 1 is 1.33 bits per heavy atom. The summed E-state index contributed by atoms with van der Waals surface area (Å²) in [5.74, 6) is -0.224. The van der Waals surface area contributed by atoms with Crippen LogP contribution in [-0.2, 0) is 16.0 Å². The van der Waals surface area contributed by atoms with E-state index in [0.29, 0.717) is 6.54 Å². The maximum absolute atomic E-state index is 11.7. The van der Waals surface area contributed by atoms with E-state index in [1.807, 2.05) is 12.1 Å². The van der Waals surface area contributed by atoms with Crippen LogP contribution in [0.25, 0.3) is 0 Å². The van der Waals surface area contributed by atoms with Gasteiger partial charge in [0.2, 0.25) is 11.8 Å². The summed E-state index contributed by atoms with van der Waals surface area (Å²) in [7, 11) is 1.54. The minimum atomic E-state index is -0.341. The van der Waals surface area contributed by atoms with E-state index in [1.54, 1.807) is 0 Å². The monoisotopic (exact) mass is 246 g/mol. The van der Waals surface area contributed by atoms with Gasteiger partial charge in [-0.3, -0.25) is 14.5 Å². The zero-order valence-corrected chi connectivity index (χ0v) is 10.8. The molecule has 0 aromatic heterocycles. The van der Waals surface area contributed by atoms with Crippen LogP contribution in [0.4, 0.5) is 0 Å². The van der Waals surface area contributed by atoms with Crippen LogP contribution in [0.2, 0.25) is 0 Å². The first kappa shape index (κ1) is 12.8. The highest BCUT2D eigenvalue weighted by atomic mass is 16.2. The van der Waals surface area contributed by atoms with Crippen molar-refractivity contribution < 1.29 is 9.59 Å². The second kappa shape index (κ2) is 5.31. The summed E-state index contributed by atoms with van der Waals surface area (Å²) >= 11 is 0. The molecule has 18 heavy (non-hydrogen) atoms. The molecule has 0 aliphatic carbocycles. The number of rotatable bonds is 4. The van der Waals surface area contributed by atoms with Crippen LogP contribution < -0.4 is 5.32 Å². The normalized spacial score (nSPS) is 19.7. The number of hydrogen-bond acceptors (Lipinski definition) is 3. The third kappa shape index (κ3) is 2.59. The second-order valence-corrected chi connectivity index (χ2v) is 4.68. The maximum atomic E-state index is 11.7. The number of carbonyl (C=O) groups is 2. The highest BCUT2D eigenvalue weighted by molar-refractivity contribution is 6.05. The lowest BCUT2D eigenvalue weighted by molar-refractivity contribution is -0.137. The first-order valence-electron chi connectivity index (χ1n) is 6.18. The number of carbonyl (C=O) groups excluding carboxylic acids is 2. The van der Waals surface area contributed by atoms with Crippen molar-refractivity contribution in [1.29, 1.82) is 0 Å². The summed E-state index contributed by atoms with van der Waals surface area (Å²) in [4.78, 5) is 24.2. The summed E-state index contributed by atoms with van der Waals surface area (Å²) < 4.78 is 0. The van der Waals surface area contributed by atoms with Crippen molar-refractivity contribution in [3.63, 3.8) is 0 Å². The first-order valence-corrected chi connectivity index (χ1v) is 6.18. The van der Waals surface area contributed by atoms with Crippen molar-refractivity contribution >= 4 is 11.8 Å². The van der Waals surface area contributed by atoms with Gasteiger partial charge in [0.05, 0.1) is 12.5 Å². The molecule has 0 saturated carbocycles. The smallest absolute Gasteiger partial charge is 0.246 e. The minimum absolute atomic E-state index is 0.103. The third-order valence-corrected chi connectivity index (χ3v) is 3.43. The fraction of sp³-hybridized carbons (Fsp3) is 0.429. The molecule has 0 spiro atoms. The van der Waals surface area contributed by atoms with Crippen LogP contribution in [0.3, 0.4) is 0 Å². The van der Waals surface area contributed by atoms with E-state index in [4.69, 9.17) is 0 Å². The molecule has 1 heterocycles. The number of imide groups is 1. The number of likely N-dealkylation sites (tertiary alicyclic amines) is 1. The van der Waals surface area contributed by atoms with Gasteiger partial charge >= 0.3 is 0 Å². The molecule has 1 aromatic carbocycles. The van der Waals surface area contributed by atoms with Crippen molar-refractivity contribution in [3.05, 3.63) is 35.4 Å². The number of likely N-dealkylation sites (N-methyl/N-ethyl adjacent to an activating group) is 1. The van der Waals surface area contributed by atoms with Gasteiger partial charge in [-0.1, -0.05) is 24.3 Å². The lowest BCUT2D eigenvalue weighted by atomic mass is 10.1. The zero-order chi connectivity index (χ0) is 13.1. The molecule has 4 nitrogen and oxygen atoms in total. The van der Waals surface area contributed by atoms with Crippen LogP contribution in [-0.4, -0.2) is 36.3 Å². The topological polar surface area (TPSA) is 49.4 Å². The number of amides is 2. The Morgan fingerprint density at radius 3 is 2.67 bits per heavy atom. The summed E-state index contributed by atoms with van der Waals surface area (Å²) in [6.45, 7) is 2.79. The molecule has 1 unspecified atom stereocenters. The predicted octanol–water partition coefficient (Wildman–Crippen LogP) is 0.884. The van der Waals surface area contributed by atoms with Gasteiger partial charge in [-0.15, -0.1) is 0 Å². The molecule has 0 radical (unpaired) electrons. The summed E-state index contributed by atoms with van der Waals surface area (Å²) in [6, 6.07) is 7.85. The Hall–Kier alpha value is -1.68. The van der Waals surface area contributed by atoms with Crippen LogP contribution >= 0.6 is 0 Å². The van der Waals surface area contributed by atoms with E-state index in [2.05, 4.69) is 24.4 Å². The van der Waals surface area contributed by atoms with Crippen molar-refractivity contribution in [1.82, 2.24) is 10.2 Å². The van der Waals surface area contributed by atoms with Gasteiger partial charge in [0.1, 0.15) is 0 Å². The molecular formula is C14H18N2O2. The second-order valence-electron chi connectivity index (χ2n) is 4.68. The Bertz CT molecular complexity index is 471. The van der Waals surface area contributed by atoms with Gasteiger partial charge in [-0.25, -0.2) is 0 Å². The standard InChI is InChI=1S/C14H18N2O2/c1-10-5-3-4-6-11(10)7-8-15-12-9-13(17)16(2)14(12)18/h3-6,12,15H,7-9H2,1-2H3. The number of nitrogens with one attached hydrogen (secondary N) is 1. The summed E-state index contributed by atoms with van der Waals surface area (Å²) in [5.41, 5.74) is 2.53. The van der Waals surface area contributed by atoms with Crippen LogP contribution in [0.5, 0.6) is 0 Å². The van der Waals surface area contributed by atoms with E-state index < -0.39 is 0 Å². The van der Waals surface area contributed by atoms with Crippen LogP contribution in [0.15, 0.2) is 24.3 Å². The van der Waals surface area contributed by atoms with Gasteiger partial charge in [0.15, 0.2) is 0 Å². The lowest BCUT2D eigenvalue weighted by Gasteiger charge is -2.11. The highest BCUT2D eigenvalue weighted by Gasteiger charge is 2.35.